The molecule has 0 fully saturated rings. The lowest BCUT2D eigenvalue weighted by Crippen LogP contribution is -2.18. The topological polar surface area (TPSA) is 104 Å². The molecule has 0 saturated carbocycles. The van der Waals surface area contributed by atoms with Crippen LogP contribution in [-0.4, -0.2) is 10.9 Å². The summed E-state index contributed by atoms with van der Waals surface area (Å²) in [5, 5.41) is 11.6. The maximum absolute atomic E-state index is 12.1. The number of carbonyl (C=O) groups excluding carboxylic acids is 1. The Bertz CT molecular complexity index is 647. The predicted molar refractivity (Wildman–Crippen MR) is 71.2 cm³/mol. The summed E-state index contributed by atoms with van der Waals surface area (Å²) < 4.78 is 0. The molecule has 19 heavy (non-hydrogen) atoms. The second-order valence-corrected chi connectivity index (χ2v) is 3.66. The van der Waals surface area contributed by atoms with E-state index in [2.05, 4.69) is 15.7 Å². The van der Waals surface area contributed by atoms with Gasteiger partial charge in [-0.2, -0.15) is 5.26 Å². The smallest absolute Gasteiger partial charge is 0.259 e. The zero-order valence-corrected chi connectivity index (χ0v) is 9.92. The van der Waals surface area contributed by atoms with Crippen molar-refractivity contribution in [2.45, 2.75) is 0 Å². The molecular weight excluding hydrogens is 242 g/mol. The van der Waals surface area contributed by atoms with Gasteiger partial charge in [-0.15, -0.1) is 0 Å². The molecule has 0 atom stereocenters. The highest BCUT2D eigenvalue weighted by Gasteiger charge is 2.13. The fourth-order valence-corrected chi connectivity index (χ4v) is 1.58. The number of hydrazine groups is 1. The van der Waals surface area contributed by atoms with Gasteiger partial charge in [0.15, 0.2) is 5.82 Å². The Morgan fingerprint density at radius 1 is 1.26 bits per heavy atom. The van der Waals surface area contributed by atoms with Crippen LogP contribution in [0.5, 0.6) is 0 Å². The van der Waals surface area contributed by atoms with Crippen molar-refractivity contribution in [3.8, 4) is 6.07 Å². The molecule has 0 radical (unpaired) electrons. The van der Waals surface area contributed by atoms with Gasteiger partial charge in [0.05, 0.1) is 16.8 Å². The van der Waals surface area contributed by atoms with Gasteiger partial charge >= 0.3 is 0 Å². The van der Waals surface area contributed by atoms with Gasteiger partial charge in [0.1, 0.15) is 6.07 Å². The molecule has 1 heterocycles. The van der Waals surface area contributed by atoms with Crippen molar-refractivity contribution >= 4 is 17.4 Å². The summed E-state index contributed by atoms with van der Waals surface area (Å²) in [6.07, 6.45) is 1.52. The van der Waals surface area contributed by atoms with Gasteiger partial charge < -0.3 is 10.7 Å². The SMILES string of the molecule is N#Cc1ccccc1NC(=O)c1cccnc1NN. The number of aromatic nitrogens is 1. The largest absolute Gasteiger partial charge is 0.321 e. The Hall–Kier alpha value is -2.91. The molecule has 1 aromatic heterocycles. The Kier molecular flexibility index (Phi) is 3.71. The average Bonchev–Trinajstić information content (AvgIpc) is 2.47. The molecule has 0 aliphatic carbocycles. The molecule has 6 nitrogen and oxygen atoms in total. The highest BCUT2D eigenvalue weighted by atomic mass is 16.1. The molecule has 0 aliphatic heterocycles. The Morgan fingerprint density at radius 3 is 2.79 bits per heavy atom. The summed E-state index contributed by atoms with van der Waals surface area (Å²) in [6, 6.07) is 12.0. The molecule has 2 aromatic rings. The summed E-state index contributed by atoms with van der Waals surface area (Å²) in [7, 11) is 0. The summed E-state index contributed by atoms with van der Waals surface area (Å²) in [6.45, 7) is 0. The lowest BCUT2D eigenvalue weighted by molar-refractivity contribution is 0.102. The van der Waals surface area contributed by atoms with Crippen molar-refractivity contribution in [2.24, 2.45) is 5.84 Å². The van der Waals surface area contributed by atoms with Crippen molar-refractivity contribution in [3.05, 3.63) is 53.7 Å². The van der Waals surface area contributed by atoms with E-state index in [4.69, 9.17) is 11.1 Å². The Labute approximate surface area is 109 Å². The molecule has 0 aliphatic rings. The van der Waals surface area contributed by atoms with E-state index in [1.165, 1.54) is 6.20 Å². The number of hydrogen-bond donors (Lipinski definition) is 3. The number of anilines is 2. The number of amides is 1. The fourth-order valence-electron chi connectivity index (χ4n) is 1.58. The number of para-hydroxylation sites is 1. The average molecular weight is 253 g/mol. The molecule has 1 aromatic carbocycles. The van der Waals surface area contributed by atoms with E-state index in [0.29, 0.717) is 16.8 Å². The molecule has 0 bridgehead atoms. The lowest BCUT2D eigenvalue weighted by Gasteiger charge is -2.09. The zero-order valence-electron chi connectivity index (χ0n) is 9.92. The van der Waals surface area contributed by atoms with Crippen molar-refractivity contribution in [1.29, 1.82) is 5.26 Å². The maximum Gasteiger partial charge on any atom is 0.259 e. The molecule has 2 rings (SSSR count). The number of carbonyl (C=O) groups is 1. The first-order valence-corrected chi connectivity index (χ1v) is 5.48. The van der Waals surface area contributed by atoms with E-state index in [-0.39, 0.29) is 11.7 Å². The fraction of sp³-hybridized carbons (Fsp3) is 0. The standard InChI is InChI=1S/C13H11N5O/c14-8-9-4-1-2-6-11(9)17-13(19)10-5-3-7-16-12(10)18-15/h1-7H,15H2,(H,16,18)(H,17,19). The first-order chi connectivity index (χ1) is 9.26. The minimum atomic E-state index is -0.385. The molecule has 0 spiro atoms. The van der Waals surface area contributed by atoms with Crippen molar-refractivity contribution in [2.75, 3.05) is 10.7 Å². The maximum atomic E-state index is 12.1. The van der Waals surface area contributed by atoms with Crippen LogP contribution in [0.1, 0.15) is 15.9 Å². The van der Waals surface area contributed by atoms with Crippen LogP contribution in [0, 0.1) is 11.3 Å². The zero-order chi connectivity index (χ0) is 13.7. The monoisotopic (exact) mass is 253 g/mol. The second-order valence-electron chi connectivity index (χ2n) is 3.66. The Balaban J connectivity index is 2.29. The normalized spacial score (nSPS) is 9.47. The number of hydrogen-bond acceptors (Lipinski definition) is 5. The third kappa shape index (κ3) is 2.68. The quantitative estimate of drug-likeness (QED) is 0.568. The number of pyridine rings is 1. The third-order valence-electron chi connectivity index (χ3n) is 2.48. The van der Waals surface area contributed by atoms with Crippen LogP contribution < -0.4 is 16.6 Å². The number of benzene rings is 1. The van der Waals surface area contributed by atoms with Crippen molar-refractivity contribution in [1.82, 2.24) is 4.98 Å². The molecule has 4 N–H and O–H groups in total. The number of nitrogens with two attached hydrogens (primary N) is 1. The summed E-state index contributed by atoms with van der Waals surface area (Å²) >= 11 is 0. The van der Waals surface area contributed by atoms with Gasteiger partial charge in [0.2, 0.25) is 0 Å². The van der Waals surface area contributed by atoms with Crippen LogP contribution in [0.3, 0.4) is 0 Å². The second kappa shape index (κ2) is 5.62. The molecule has 94 valence electrons. The molecule has 0 saturated heterocycles. The van der Waals surface area contributed by atoms with Gasteiger partial charge in [0.25, 0.3) is 5.91 Å². The van der Waals surface area contributed by atoms with Crippen LogP contribution in [0.25, 0.3) is 0 Å². The highest BCUT2D eigenvalue weighted by molar-refractivity contribution is 6.07. The number of nitrogens with one attached hydrogen (secondary N) is 2. The van der Waals surface area contributed by atoms with E-state index < -0.39 is 0 Å². The van der Waals surface area contributed by atoms with Crippen molar-refractivity contribution < 1.29 is 4.79 Å². The van der Waals surface area contributed by atoms with E-state index >= 15 is 0 Å². The molecule has 1 amide bonds. The number of rotatable bonds is 3. The third-order valence-corrected chi connectivity index (χ3v) is 2.48. The van der Waals surface area contributed by atoms with E-state index in [0.717, 1.165) is 0 Å². The number of nitrogens with zero attached hydrogens (tertiary/aromatic N) is 2. The van der Waals surface area contributed by atoms with Gasteiger partial charge in [0, 0.05) is 6.20 Å². The minimum Gasteiger partial charge on any atom is -0.321 e. The van der Waals surface area contributed by atoms with Gasteiger partial charge in [-0.05, 0) is 24.3 Å². The number of nitriles is 1. The van der Waals surface area contributed by atoms with Gasteiger partial charge in [-0.25, -0.2) is 10.8 Å². The summed E-state index contributed by atoms with van der Waals surface area (Å²) in [5.74, 6) is 5.18. The minimum absolute atomic E-state index is 0.273. The summed E-state index contributed by atoms with van der Waals surface area (Å²) in [4.78, 5) is 16.0. The van der Waals surface area contributed by atoms with Crippen molar-refractivity contribution in [3.63, 3.8) is 0 Å². The van der Waals surface area contributed by atoms with Gasteiger partial charge in [-0.3, -0.25) is 4.79 Å². The van der Waals surface area contributed by atoms with Crippen LogP contribution >= 0.6 is 0 Å². The van der Waals surface area contributed by atoms with E-state index in [1.54, 1.807) is 36.4 Å². The highest BCUT2D eigenvalue weighted by Crippen LogP contribution is 2.17. The van der Waals surface area contributed by atoms with Crippen LogP contribution in [0.15, 0.2) is 42.6 Å². The lowest BCUT2D eigenvalue weighted by atomic mass is 10.1. The Morgan fingerprint density at radius 2 is 2.05 bits per heavy atom. The van der Waals surface area contributed by atoms with Crippen LogP contribution in [-0.2, 0) is 0 Å². The number of nitrogen functional groups attached to an aromatic ring is 1. The first-order valence-electron chi connectivity index (χ1n) is 5.48. The van der Waals surface area contributed by atoms with Gasteiger partial charge in [-0.1, -0.05) is 12.1 Å². The molecule has 6 heteroatoms. The van der Waals surface area contributed by atoms with Crippen LogP contribution in [0.2, 0.25) is 0 Å². The molecular formula is C13H11N5O. The van der Waals surface area contributed by atoms with E-state index in [9.17, 15) is 4.79 Å². The molecule has 0 unspecified atom stereocenters. The summed E-state index contributed by atoms with van der Waals surface area (Å²) in [5.41, 5.74) is 3.49. The predicted octanol–water partition coefficient (Wildman–Crippen LogP) is 1.49. The van der Waals surface area contributed by atoms with Crippen LogP contribution in [0.4, 0.5) is 11.5 Å². The first kappa shape index (κ1) is 12.5. The van der Waals surface area contributed by atoms with E-state index in [1.807, 2.05) is 6.07 Å².